The van der Waals surface area contributed by atoms with Gasteiger partial charge in [-0.15, -0.1) is 10.2 Å². The highest BCUT2D eigenvalue weighted by Gasteiger charge is 2.19. The molecule has 0 radical (unpaired) electrons. The molecule has 4 nitrogen and oxygen atoms in total. The smallest absolute Gasteiger partial charge is 0.195 e. The standard InChI is InChI=1S/C17H24N4S/c1-14(2)13-22-17-19-18-16(12-20-10-6-7-11-20)21(17)15-8-4-3-5-9-15/h3-5,8-9,14H,6-7,10-13H2,1-2H3. The summed E-state index contributed by atoms with van der Waals surface area (Å²) in [5.41, 5.74) is 1.16. The summed E-state index contributed by atoms with van der Waals surface area (Å²) in [7, 11) is 0. The molecule has 0 unspecified atom stereocenters. The summed E-state index contributed by atoms with van der Waals surface area (Å²) in [6, 6.07) is 10.5. The van der Waals surface area contributed by atoms with Gasteiger partial charge in [0.2, 0.25) is 0 Å². The molecule has 1 saturated heterocycles. The monoisotopic (exact) mass is 316 g/mol. The molecule has 1 aliphatic rings. The maximum absolute atomic E-state index is 4.48. The molecule has 1 fully saturated rings. The Morgan fingerprint density at radius 3 is 2.50 bits per heavy atom. The van der Waals surface area contributed by atoms with Crippen LogP contribution in [0, 0.1) is 5.92 Å². The number of likely N-dealkylation sites (tertiary alicyclic amines) is 1. The first-order valence-corrected chi connectivity index (χ1v) is 9.07. The van der Waals surface area contributed by atoms with Gasteiger partial charge in [0, 0.05) is 11.4 Å². The molecule has 2 aromatic rings. The van der Waals surface area contributed by atoms with Crippen LogP contribution in [0.25, 0.3) is 5.69 Å². The number of benzene rings is 1. The van der Waals surface area contributed by atoms with Gasteiger partial charge >= 0.3 is 0 Å². The molecule has 0 saturated carbocycles. The van der Waals surface area contributed by atoms with Crippen LogP contribution in [0.5, 0.6) is 0 Å². The topological polar surface area (TPSA) is 34.0 Å². The molecular formula is C17H24N4S. The van der Waals surface area contributed by atoms with Crippen molar-refractivity contribution in [3.05, 3.63) is 36.2 Å². The first-order chi connectivity index (χ1) is 10.7. The SMILES string of the molecule is CC(C)CSc1nnc(CN2CCCC2)n1-c1ccccc1. The average Bonchev–Trinajstić information content (AvgIpc) is 3.16. The highest BCUT2D eigenvalue weighted by Crippen LogP contribution is 2.25. The molecule has 0 amide bonds. The van der Waals surface area contributed by atoms with Crippen molar-refractivity contribution in [1.29, 1.82) is 0 Å². The van der Waals surface area contributed by atoms with Gasteiger partial charge in [-0.25, -0.2) is 0 Å². The Labute approximate surface area is 136 Å². The van der Waals surface area contributed by atoms with Gasteiger partial charge in [-0.3, -0.25) is 9.47 Å². The Kier molecular flexibility index (Phi) is 5.16. The fraction of sp³-hybridized carbons (Fsp3) is 0.529. The molecule has 1 aliphatic heterocycles. The first kappa shape index (κ1) is 15.6. The van der Waals surface area contributed by atoms with Gasteiger partial charge in [0.05, 0.1) is 6.54 Å². The van der Waals surface area contributed by atoms with E-state index >= 15 is 0 Å². The number of hydrogen-bond donors (Lipinski definition) is 0. The second kappa shape index (κ2) is 7.29. The zero-order chi connectivity index (χ0) is 15.4. The van der Waals surface area contributed by atoms with Crippen LogP contribution in [0.15, 0.2) is 35.5 Å². The Morgan fingerprint density at radius 1 is 1.09 bits per heavy atom. The lowest BCUT2D eigenvalue weighted by Gasteiger charge is -2.16. The van der Waals surface area contributed by atoms with Crippen molar-refractivity contribution >= 4 is 11.8 Å². The van der Waals surface area contributed by atoms with Gasteiger partial charge in [0.15, 0.2) is 11.0 Å². The third kappa shape index (κ3) is 3.70. The van der Waals surface area contributed by atoms with Gasteiger partial charge in [0.1, 0.15) is 0 Å². The molecule has 2 heterocycles. The molecule has 0 atom stereocenters. The van der Waals surface area contributed by atoms with Crippen molar-refractivity contribution in [2.24, 2.45) is 5.92 Å². The van der Waals surface area contributed by atoms with Crippen LogP contribution >= 0.6 is 11.8 Å². The lowest BCUT2D eigenvalue weighted by atomic mass is 10.3. The minimum atomic E-state index is 0.646. The van der Waals surface area contributed by atoms with Crippen LogP contribution < -0.4 is 0 Å². The highest BCUT2D eigenvalue weighted by atomic mass is 32.2. The third-order valence-electron chi connectivity index (χ3n) is 3.82. The number of rotatable bonds is 6. The van der Waals surface area contributed by atoms with Gasteiger partial charge in [-0.05, 0) is 44.0 Å². The zero-order valence-corrected chi connectivity index (χ0v) is 14.2. The average molecular weight is 316 g/mol. The number of aromatic nitrogens is 3. The summed E-state index contributed by atoms with van der Waals surface area (Å²) in [6.45, 7) is 7.72. The maximum Gasteiger partial charge on any atom is 0.195 e. The van der Waals surface area contributed by atoms with Crippen molar-refractivity contribution < 1.29 is 0 Å². The third-order valence-corrected chi connectivity index (χ3v) is 5.18. The summed E-state index contributed by atoms with van der Waals surface area (Å²) < 4.78 is 2.23. The second-order valence-corrected chi connectivity index (χ2v) is 7.25. The van der Waals surface area contributed by atoms with E-state index in [0.29, 0.717) is 5.92 Å². The summed E-state index contributed by atoms with van der Waals surface area (Å²) in [6.07, 6.45) is 2.60. The quantitative estimate of drug-likeness (QED) is 0.762. The summed E-state index contributed by atoms with van der Waals surface area (Å²) in [4.78, 5) is 2.47. The molecule has 0 N–H and O–H groups in total. The van der Waals surface area contributed by atoms with Crippen molar-refractivity contribution in [1.82, 2.24) is 19.7 Å². The Hall–Kier alpha value is -1.33. The number of hydrogen-bond acceptors (Lipinski definition) is 4. The molecular weight excluding hydrogens is 292 g/mol. The van der Waals surface area contributed by atoms with E-state index in [1.165, 1.54) is 25.9 Å². The van der Waals surface area contributed by atoms with Crippen molar-refractivity contribution in [3.8, 4) is 5.69 Å². The van der Waals surface area contributed by atoms with E-state index in [-0.39, 0.29) is 0 Å². The number of thioether (sulfide) groups is 1. The van der Waals surface area contributed by atoms with E-state index in [4.69, 9.17) is 0 Å². The van der Waals surface area contributed by atoms with Crippen molar-refractivity contribution in [2.75, 3.05) is 18.8 Å². The predicted octanol–water partition coefficient (Wildman–Crippen LogP) is 3.61. The van der Waals surface area contributed by atoms with Gasteiger partial charge in [-0.2, -0.15) is 0 Å². The Morgan fingerprint density at radius 2 is 1.82 bits per heavy atom. The fourth-order valence-corrected chi connectivity index (χ4v) is 3.64. The van der Waals surface area contributed by atoms with Gasteiger partial charge in [-0.1, -0.05) is 43.8 Å². The summed E-state index contributed by atoms with van der Waals surface area (Å²) in [5.74, 6) is 2.77. The minimum Gasteiger partial charge on any atom is -0.296 e. The summed E-state index contributed by atoms with van der Waals surface area (Å²) in [5, 5.41) is 9.95. The van der Waals surface area contributed by atoms with E-state index in [1.807, 2.05) is 0 Å². The van der Waals surface area contributed by atoms with Crippen molar-refractivity contribution in [3.63, 3.8) is 0 Å². The van der Waals surface area contributed by atoms with E-state index in [1.54, 1.807) is 11.8 Å². The fourth-order valence-electron chi connectivity index (χ4n) is 2.71. The molecule has 1 aromatic heterocycles. The zero-order valence-electron chi connectivity index (χ0n) is 13.4. The molecule has 1 aromatic carbocycles. The minimum absolute atomic E-state index is 0.646. The highest BCUT2D eigenvalue weighted by molar-refractivity contribution is 7.99. The van der Waals surface area contributed by atoms with E-state index in [0.717, 1.165) is 29.0 Å². The van der Waals surface area contributed by atoms with Crippen LogP contribution in [0.4, 0.5) is 0 Å². The largest absolute Gasteiger partial charge is 0.296 e. The molecule has 5 heteroatoms. The Bertz CT molecular complexity index is 588. The second-order valence-electron chi connectivity index (χ2n) is 6.26. The lowest BCUT2D eigenvalue weighted by Crippen LogP contribution is -2.21. The van der Waals surface area contributed by atoms with Crippen LogP contribution in [0.1, 0.15) is 32.5 Å². The van der Waals surface area contributed by atoms with Crippen molar-refractivity contribution in [2.45, 2.75) is 38.4 Å². The molecule has 0 bridgehead atoms. The van der Waals surface area contributed by atoms with Crippen LogP contribution in [-0.2, 0) is 6.54 Å². The van der Waals surface area contributed by atoms with Crippen LogP contribution in [0.3, 0.4) is 0 Å². The first-order valence-electron chi connectivity index (χ1n) is 8.09. The maximum atomic E-state index is 4.48. The normalized spacial score (nSPS) is 15.8. The van der Waals surface area contributed by atoms with Crippen LogP contribution in [0.2, 0.25) is 0 Å². The molecule has 118 valence electrons. The van der Waals surface area contributed by atoms with Gasteiger partial charge < -0.3 is 0 Å². The Balaban J connectivity index is 1.88. The lowest BCUT2D eigenvalue weighted by molar-refractivity contribution is 0.319. The molecule has 0 aliphatic carbocycles. The summed E-state index contributed by atoms with van der Waals surface area (Å²) >= 11 is 1.80. The number of nitrogens with zero attached hydrogens (tertiary/aromatic N) is 4. The van der Waals surface area contributed by atoms with E-state index in [9.17, 15) is 0 Å². The van der Waals surface area contributed by atoms with Gasteiger partial charge in [0.25, 0.3) is 0 Å². The molecule has 0 spiro atoms. The number of para-hydroxylation sites is 1. The predicted molar refractivity (Wildman–Crippen MR) is 91.4 cm³/mol. The van der Waals surface area contributed by atoms with E-state index in [2.05, 4.69) is 63.8 Å². The van der Waals surface area contributed by atoms with E-state index < -0.39 is 0 Å². The molecule has 22 heavy (non-hydrogen) atoms. The van der Waals surface area contributed by atoms with Crippen LogP contribution in [-0.4, -0.2) is 38.5 Å². The molecule has 3 rings (SSSR count).